The molecule has 0 fully saturated rings. The zero-order valence-corrected chi connectivity index (χ0v) is 20.9. The summed E-state index contributed by atoms with van der Waals surface area (Å²) in [4.78, 5) is 3.33. The highest BCUT2D eigenvalue weighted by Crippen LogP contribution is 2.42. The number of fused-ring (bicyclic) bond motifs is 1. The summed E-state index contributed by atoms with van der Waals surface area (Å²) in [6.45, 7) is 16.3. The van der Waals surface area contributed by atoms with Crippen LogP contribution in [0.1, 0.15) is 78.1 Å². The van der Waals surface area contributed by atoms with E-state index in [4.69, 9.17) is 4.74 Å². The molecule has 0 bridgehead atoms. The third kappa shape index (κ3) is 5.68. The van der Waals surface area contributed by atoms with Crippen molar-refractivity contribution in [1.82, 2.24) is 5.32 Å². The number of benzene rings is 1. The van der Waals surface area contributed by atoms with Gasteiger partial charge in [-0.1, -0.05) is 39.8 Å². The Labute approximate surface area is 188 Å². The van der Waals surface area contributed by atoms with Gasteiger partial charge in [0.1, 0.15) is 12.4 Å². The van der Waals surface area contributed by atoms with Crippen molar-refractivity contribution in [1.29, 1.82) is 0 Å². The molecule has 0 aliphatic heterocycles. The van der Waals surface area contributed by atoms with Gasteiger partial charge in [0.25, 0.3) is 0 Å². The second-order valence-electron chi connectivity index (χ2n) is 9.71. The quantitative estimate of drug-likeness (QED) is 0.431. The fraction of sp³-hybridized carbons (Fsp3) is 0.630. The molecule has 3 heteroatoms. The Balaban J connectivity index is 1.61. The molecule has 0 unspecified atom stereocenters. The van der Waals surface area contributed by atoms with E-state index in [-0.39, 0.29) is 0 Å². The van der Waals surface area contributed by atoms with Crippen LogP contribution in [0, 0.1) is 19.3 Å². The van der Waals surface area contributed by atoms with Crippen LogP contribution in [-0.4, -0.2) is 19.7 Å². The van der Waals surface area contributed by atoms with Crippen LogP contribution in [-0.2, 0) is 32.1 Å². The molecular weight excluding hydrogens is 386 g/mol. The minimum atomic E-state index is 0.473. The number of aryl methyl sites for hydroxylation is 5. The Morgan fingerprint density at radius 1 is 1.03 bits per heavy atom. The van der Waals surface area contributed by atoms with Crippen LogP contribution in [0.15, 0.2) is 12.1 Å². The first-order chi connectivity index (χ1) is 14.3. The molecule has 2 aromatic rings. The van der Waals surface area contributed by atoms with Crippen molar-refractivity contribution in [2.24, 2.45) is 5.41 Å². The van der Waals surface area contributed by atoms with Crippen molar-refractivity contribution in [3.63, 3.8) is 0 Å². The van der Waals surface area contributed by atoms with Gasteiger partial charge in [-0.05, 0) is 98.6 Å². The van der Waals surface area contributed by atoms with Gasteiger partial charge in [0.05, 0.1) is 0 Å². The van der Waals surface area contributed by atoms with Crippen molar-refractivity contribution in [3.05, 3.63) is 49.7 Å². The van der Waals surface area contributed by atoms with E-state index in [1.807, 2.05) is 0 Å². The van der Waals surface area contributed by atoms with Crippen LogP contribution >= 0.6 is 11.3 Å². The van der Waals surface area contributed by atoms with Crippen molar-refractivity contribution < 1.29 is 4.74 Å². The average Bonchev–Trinajstić information content (AvgIpc) is 3.02. The fourth-order valence-electron chi connectivity index (χ4n) is 4.89. The second-order valence-corrected chi connectivity index (χ2v) is 10.9. The van der Waals surface area contributed by atoms with E-state index in [0.29, 0.717) is 5.41 Å². The van der Waals surface area contributed by atoms with Gasteiger partial charge in [-0.3, -0.25) is 0 Å². The van der Waals surface area contributed by atoms with Gasteiger partial charge in [0.15, 0.2) is 0 Å². The first-order valence-electron chi connectivity index (χ1n) is 11.9. The van der Waals surface area contributed by atoms with Crippen LogP contribution < -0.4 is 10.1 Å². The first kappa shape index (κ1) is 23.3. The minimum Gasteiger partial charge on any atom is -0.492 e. The first-order valence-corrected chi connectivity index (χ1v) is 12.7. The summed E-state index contributed by atoms with van der Waals surface area (Å²) in [5, 5.41) is 3.32. The molecule has 0 amide bonds. The van der Waals surface area contributed by atoms with Crippen molar-refractivity contribution in [2.75, 3.05) is 19.7 Å². The lowest BCUT2D eigenvalue weighted by molar-refractivity contribution is 0.311. The Bertz CT molecular complexity index is 826. The standard InChI is InChI=1S/C27H41NOS/c1-7-24-23-18-27(5,6)13-12-22(23)25(30-24)11-9-10-21-16-19(3)26(20(4)17-21)29-15-14-28-8-2/h16-17,28H,7-15,18H2,1-6H3. The summed E-state index contributed by atoms with van der Waals surface area (Å²) in [5.74, 6) is 1.07. The molecule has 1 aliphatic rings. The maximum absolute atomic E-state index is 6.03. The number of ether oxygens (including phenoxy) is 1. The van der Waals surface area contributed by atoms with Crippen LogP contribution in [0.5, 0.6) is 5.75 Å². The van der Waals surface area contributed by atoms with Gasteiger partial charge in [0, 0.05) is 16.3 Å². The highest BCUT2D eigenvalue weighted by molar-refractivity contribution is 7.12. The van der Waals surface area contributed by atoms with Gasteiger partial charge >= 0.3 is 0 Å². The monoisotopic (exact) mass is 427 g/mol. The van der Waals surface area contributed by atoms with E-state index in [1.54, 1.807) is 20.9 Å². The third-order valence-corrected chi connectivity index (χ3v) is 7.96. The van der Waals surface area contributed by atoms with Gasteiger partial charge in [-0.25, -0.2) is 0 Å². The van der Waals surface area contributed by atoms with Crippen molar-refractivity contribution in [3.8, 4) is 5.75 Å². The zero-order valence-electron chi connectivity index (χ0n) is 20.0. The van der Waals surface area contributed by atoms with Gasteiger partial charge in [-0.15, -0.1) is 11.3 Å². The highest BCUT2D eigenvalue weighted by Gasteiger charge is 2.29. The van der Waals surface area contributed by atoms with Crippen LogP contribution in [0.4, 0.5) is 0 Å². The number of hydrogen-bond acceptors (Lipinski definition) is 3. The summed E-state index contributed by atoms with van der Waals surface area (Å²) in [6, 6.07) is 4.67. The zero-order chi connectivity index (χ0) is 21.7. The third-order valence-electron chi connectivity index (χ3n) is 6.48. The topological polar surface area (TPSA) is 21.3 Å². The molecule has 0 spiro atoms. The summed E-state index contributed by atoms with van der Waals surface area (Å²) < 4.78 is 6.03. The Hall–Kier alpha value is -1.32. The minimum absolute atomic E-state index is 0.473. The molecule has 0 radical (unpaired) electrons. The Kier molecular flexibility index (Phi) is 8.04. The van der Waals surface area contributed by atoms with E-state index >= 15 is 0 Å². The summed E-state index contributed by atoms with van der Waals surface area (Å²) in [7, 11) is 0. The molecule has 1 aromatic carbocycles. The number of hydrogen-bond donors (Lipinski definition) is 1. The average molecular weight is 428 g/mol. The van der Waals surface area contributed by atoms with Gasteiger partial charge < -0.3 is 10.1 Å². The molecule has 0 atom stereocenters. The fourth-order valence-corrected chi connectivity index (χ4v) is 6.24. The summed E-state index contributed by atoms with van der Waals surface area (Å²) >= 11 is 2.11. The van der Waals surface area contributed by atoms with Gasteiger partial charge in [0.2, 0.25) is 0 Å². The Morgan fingerprint density at radius 3 is 2.43 bits per heavy atom. The number of rotatable bonds is 10. The Morgan fingerprint density at radius 2 is 1.77 bits per heavy atom. The van der Waals surface area contributed by atoms with E-state index in [9.17, 15) is 0 Å². The molecular formula is C27H41NOS. The number of thiophene rings is 1. The molecule has 1 N–H and O–H groups in total. The molecule has 3 rings (SSSR count). The maximum atomic E-state index is 6.03. The van der Waals surface area contributed by atoms with Crippen LogP contribution in [0.3, 0.4) is 0 Å². The second kappa shape index (κ2) is 10.3. The SMILES string of the molecule is CCNCCOc1c(C)cc(CCCc2sc(CC)c3c2CCC(C)(C)C3)cc1C. The summed E-state index contributed by atoms with van der Waals surface area (Å²) in [6.07, 6.45) is 8.70. The molecule has 2 nitrogen and oxygen atoms in total. The van der Waals surface area contributed by atoms with E-state index < -0.39 is 0 Å². The lowest BCUT2D eigenvalue weighted by Gasteiger charge is -2.30. The molecule has 1 aliphatic carbocycles. The molecule has 0 saturated heterocycles. The van der Waals surface area contributed by atoms with E-state index in [1.165, 1.54) is 55.2 Å². The normalized spacial score (nSPS) is 15.3. The summed E-state index contributed by atoms with van der Waals surface area (Å²) in [5.41, 5.74) is 7.88. The predicted molar refractivity (Wildman–Crippen MR) is 131 cm³/mol. The van der Waals surface area contributed by atoms with Gasteiger partial charge in [-0.2, -0.15) is 0 Å². The lowest BCUT2D eigenvalue weighted by atomic mass is 9.74. The largest absolute Gasteiger partial charge is 0.492 e. The van der Waals surface area contributed by atoms with E-state index in [0.717, 1.165) is 31.9 Å². The van der Waals surface area contributed by atoms with Crippen molar-refractivity contribution in [2.45, 2.75) is 86.5 Å². The number of likely N-dealkylation sites (N-methyl/N-ethyl adjacent to an activating group) is 1. The number of nitrogens with one attached hydrogen (secondary N) is 1. The van der Waals surface area contributed by atoms with Crippen LogP contribution in [0.2, 0.25) is 0 Å². The molecule has 0 saturated carbocycles. The van der Waals surface area contributed by atoms with Crippen molar-refractivity contribution >= 4 is 11.3 Å². The molecule has 1 heterocycles. The highest BCUT2D eigenvalue weighted by atomic mass is 32.1. The molecule has 30 heavy (non-hydrogen) atoms. The van der Waals surface area contributed by atoms with E-state index in [2.05, 4.69) is 70.3 Å². The maximum Gasteiger partial charge on any atom is 0.125 e. The smallest absolute Gasteiger partial charge is 0.125 e. The molecule has 1 aromatic heterocycles. The lowest BCUT2D eigenvalue weighted by Crippen LogP contribution is -2.22. The predicted octanol–water partition coefficient (Wildman–Crippen LogP) is 6.61. The van der Waals surface area contributed by atoms with Crippen LogP contribution in [0.25, 0.3) is 0 Å². The molecule has 166 valence electrons.